The van der Waals surface area contributed by atoms with Gasteiger partial charge in [-0.3, -0.25) is 0 Å². The first-order chi connectivity index (χ1) is 10.0. The topological polar surface area (TPSA) is 38.1 Å². The zero-order chi connectivity index (χ0) is 15.2. The molecule has 2 rings (SSSR count). The van der Waals surface area contributed by atoms with Crippen LogP contribution in [0.5, 0.6) is 0 Å². The molecule has 21 heavy (non-hydrogen) atoms. The second-order valence-electron chi connectivity index (χ2n) is 5.84. The van der Waals surface area contributed by atoms with Crippen molar-refractivity contribution in [2.45, 2.75) is 33.6 Å². The Hall–Kier alpha value is -1.13. The van der Waals surface area contributed by atoms with Crippen LogP contribution < -0.4 is 5.32 Å². The number of rotatable bonds is 7. The quantitative estimate of drug-likeness (QED) is 0.742. The van der Waals surface area contributed by atoms with Crippen LogP contribution >= 0.6 is 15.9 Å². The van der Waals surface area contributed by atoms with Crippen LogP contribution in [0, 0.1) is 12.8 Å². The van der Waals surface area contributed by atoms with Crippen molar-refractivity contribution in [1.82, 2.24) is 10.3 Å². The molecular weight excluding hydrogens is 328 g/mol. The Kier molecular flexibility index (Phi) is 6.00. The van der Waals surface area contributed by atoms with Crippen LogP contribution in [0.25, 0.3) is 11.3 Å². The first-order valence-corrected chi connectivity index (χ1v) is 8.27. The van der Waals surface area contributed by atoms with E-state index in [2.05, 4.69) is 65.2 Å². The lowest BCUT2D eigenvalue weighted by Crippen LogP contribution is -2.21. The van der Waals surface area contributed by atoms with E-state index < -0.39 is 0 Å². The molecule has 0 fully saturated rings. The molecule has 4 heteroatoms. The number of benzene rings is 1. The van der Waals surface area contributed by atoms with Gasteiger partial charge in [0.15, 0.2) is 11.7 Å². The molecule has 0 saturated carbocycles. The van der Waals surface area contributed by atoms with Crippen LogP contribution in [0.15, 0.2) is 33.3 Å². The maximum atomic E-state index is 5.85. The number of nitrogens with one attached hydrogen (secondary N) is 1. The molecule has 0 aliphatic heterocycles. The molecule has 3 nitrogen and oxygen atoms in total. The summed E-state index contributed by atoms with van der Waals surface area (Å²) in [5, 5.41) is 3.43. The minimum Gasteiger partial charge on any atom is -0.441 e. The summed E-state index contributed by atoms with van der Waals surface area (Å²) in [6.07, 6.45) is 3.74. The maximum Gasteiger partial charge on any atom is 0.194 e. The van der Waals surface area contributed by atoms with Crippen LogP contribution in [-0.4, -0.2) is 18.1 Å². The third-order valence-electron chi connectivity index (χ3n) is 3.18. The number of hydrogen-bond acceptors (Lipinski definition) is 3. The van der Waals surface area contributed by atoms with Gasteiger partial charge in [-0.05, 0) is 56.1 Å². The molecule has 1 aromatic carbocycles. The zero-order valence-corrected chi connectivity index (χ0v) is 14.5. The predicted molar refractivity (Wildman–Crippen MR) is 90.4 cm³/mol. The summed E-state index contributed by atoms with van der Waals surface area (Å²) in [6.45, 7) is 8.58. The number of halogens is 1. The average molecular weight is 351 g/mol. The Labute approximate surface area is 135 Å². The molecular formula is C17H23BrN2O. The molecule has 0 atom stereocenters. The number of hydrogen-bond donors (Lipinski definition) is 1. The van der Waals surface area contributed by atoms with Gasteiger partial charge in [0.05, 0.1) is 6.20 Å². The lowest BCUT2D eigenvalue weighted by molar-refractivity contribution is 0.483. The summed E-state index contributed by atoms with van der Waals surface area (Å²) in [7, 11) is 0. The molecule has 0 unspecified atom stereocenters. The lowest BCUT2D eigenvalue weighted by atomic mass is 10.1. The summed E-state index contributed by atoms with van der Waals surface area (Å²) in [6, 6.07) is 6.25. The lowest BCUT2D eigenvalue weighted by Gasteiger charge is -2.05. The molecule has 0 radical (unpaired) electrons. The van der Waals surface area contributed by atoms with Gasteiger partial charge in [-0.1, -0.05) is 29.8 Å². The Balaban J connectivity index is 1.89. The van der Waals surface area contributed by atoms with E-state index in [1.807, 2.05) is 6.20 Å². The molecule has 2 aromatic rings. The number of aromatic nitrogens is 1. The van der Waals surface area contributed by atoms with Crippen LogP contribution in [0.2, 0.25) is 0 Å². The average Bonchev–Trinajstić information content (AvgIpc) is 2.85. The minimum atomic E-state index is 0.693. The van der Waals surface area contributed by atoms with Crippen LogP contribution in [0.1, 0.15) is 31.7 Å². The Bertz CT molecular complexity index is 558. The Morgan fingerprint density at radius 3 is 2.81 bits per heavy atom. The van der Waals surface area contributed by atoms with Gasteiger partial charge < -0.3 is 9.73 Å². The molecule has 0 aliphatic rings. The summed E-state index contributed by atoms with van der Waals surface area (Å²) in [5.41, 5.74) is 2.27. The highest BCUT2D eigenvalue weighted by Crippen LogP contribution is 2.25. The molecule has 1 aromatic heterocycles. The van der Waals surface area contributed by atoms with Gasteiger partial charge in [-0.25, -0.2) is 4.98 Å². The fourth-order valence-corrected chi connectivity index (χ4v) is 2.80. The van der Waals surface area contributed by atoms with Crippen molar-refractivity contribution in [3.8, 4) is 11.3 Å². The van der Waals surface area contributed by atoms with Gasteiger partial charge in [0, 0.05) is 16.5 Å². The third kappa shape index (κ3) is 5.29. The molecule has 1 N–H and O–H groups in total. The van der Waals surface area contributed by atoms with E-state index in [1.54, 1.807) is 0 Å². The van der Waals surface area contributed by atoms with Crippen molar-refractivity contribution >= 4 is 15.9 Å². The predicted octanol–water partition coefficient (Wildman–Crippen LogP) is 4.59. The fourth-order valence-electron chi connectivity index (χ4n) is 2.19. The molecule has 0 bridgehead atoms. The van der Waals surface area contributed by atoms with E-state index in [1.165, 1.54) is 5.56 Å². The van der Waals surface area contributed by atoms with E-state index in [4.69, 9.17) is 4.42 Å². The van der Waals surface area contributed by atoms with E-state index >= 15 is 0 Å². The van der Waals surface area contributed by atoms with Gasteiger partial charge in [0.2, 0.25) is 0 Å². The molecule has 1 heterocycles. The Morgan fingerprint density at radius 2 is 2.10 bits per heavy atom. The van der Waals surface area contributed by atoms with Gasteiger partial charge in [0.1, 0.15) is 0 Å². The van der Waals surface area contributed by atoms with Crippen LogP contribution in [0.3, 0.4) is 0 Å². The molecule has 0 saturated heterocycles. The van der Waals surface area contributed by atoms with E-state index in [-0.39, 0.29) is 0 Å². The van der Waals surface area contributed by atoms with E-state index in [0.29, 0.717) is 5.92 Å². The highest BCUT2D eigenvalue weighted by atomic mass is 79.9. The summed E-state index contributed by atoms with van der Waals surface area (Å²) in [4.78, 5) is 4.37. The van der Waals surface area contributed by atoms with Gasteiger partial charge >= 0.3 is 0 Å². The zero-order valence-electron chi connectivity index (χ0n) is 12.9. The highest BCUT2D eigenvalue weighted by molar-refractivity contribution is 9.10. The first-order valence-electron chi connectivity index (χ1n) is 7.47. The highest BCUT2D eigenvalue weighted by Gasteiger charge is 2.07. The second-order valence-corrected chi connectivity index (χ2v) is 6.75. The van der Waals surface area contributed by atoms with E-state index in [0.717, 1.165) is 47.6 Å². The van der Waals surface area contributed by atoms with Gasteiger partial charge in [-0.2, -0.15) is 0 Å². The SMILES string of the molecule is Cc1cc(Br)cc(-c2cnc(CCCNCC(C)C)o2)c1. The summed E-state index contributed by atoms with van der Waals surface area (Å²) < 4.78 is 6.91. The van der Waals surface area contributed by atoms with Crippen LogP contribution in [-0.2, 0) is 6.42 Å². The van der Waals surface area contributed by atoms with Crippen molar-refractivity contribution < 1.29 is 4.42 Å². The normalized spacial score (nSPS) is 11.3. The van der Waals surface area contributed by atoms with Gasteiger partial charge in [0.25, 0.3) is 0 Å². The largest absolute Gasteiger partial charge is 0.441 e. The first kappa shape index (κ1) is 16.2. The number of nitrogens with zero attached hydrogens (tertiary/aromatic N) is 1. The molecule has 0 spiro atoms. The molecule has 0 amide bonds. The minimum absolute atomic E-state index is 0.693. The van der Waals surface area contributed by atoms with Crippen molar-refractivity contribution in [2.75, 3.05) is 13.1 Å². The fraction of sp³-hybridized carbons (Fsp3) is 0.471. The van der Waals surface area contributed by atoms with Gasteiger partial charge in [-0.15, -0.1) is 0 Å². The molecule has 0 aliphatic carbocycles. The number of aryl methyl sites for hydroxylation is 2. The van der Waals surface area contributed by atoms with Crippen molar-refractivity contribution in [1.29, 1.82) is 0 Å². The van der Waals surface area contributed by atoms with Crippen molar-refractivity contribution in [2.24, 2.45) is 5.92 Å². The third-order valence-corrected chi connectivity index (χ3v) is 3.63. The summed E-state index contributed by atoms with van der Waals surface area (Å²) in [5.74, 6) is 2.34. The van der Waals surface area contributed by atoms with E-state index in [9.17, 15) is 0 Å². The standard InChI is InChI=1S/C17H23BrN2O/c1-12(2)10-19-6-4-5-17-20-11-16(21-17)14-7-13(3)8-15(18)9-14/h7-9,11-12,19H,4-6,10H2,1-3H3. The second kappa shape index (κ2) is 7.76. The van der Waals surface area contributed by atoms with Crippen LogP contribution in [0.4, 0.5) is 0 Å². The van der Waals surface area contributed by atoms with Crippen molar-refractivity contribution in [3.05, 3.63) is 40.3 Å². The Morgan fingerprint density at radius 1 is 1.29 bits per heavy atom. The number of oxazole rings is 1. The smallest absolute Gasteiger partial charge is 0.194 e. The monoisotopic (exact) mass is 350 g/mol. The summed E-state index contributed by atoms with van der Waals surface area (Å²) >= 11 is 3.52. The van der Waals surface area contributed by atoms with Crippen molar-refractivity contribution in [3.63, 3.8) is 0 Å². The molecule has 114 valence electrons. The maximum absolute atomic E-state index is 5.85.